The van der Waals surface area contributed by atoms with E-state index in [0.29, 0.717) is 17.7 Å². The zero-order chi connectivity index (χ0) is 16.2. The van der Waals surface area contributed by atoms with E-state index in [1.54, 1.807) is 12.3 Å². The van der Waals surface area contributed by atoms with Crippen LogP contribution < -0.4 is 4.90 Å². The first-order chi connectivity index (χ1) is 11.2. The fourth-order valence-corrected chi connectivity index (χ4v) is 3.02. The number of pyridine rings is 1. The molecule has 2 heterocycles. The Morgan fingerprint density at radius 1 is 1.17 bits per heavy atom. The minimum Gasteiger partial charge on any atom is -0.354 e. The lowest BCUT2D eigenvalue weighted by molar-refractivity contribution is 0.246. The fraction of sp³-hybridized carbons (Fsp3) is 0.294. The first-order valence-electron chi connectivity index (χ1n) is 7.43. The highest BCUT2D eigenvalue weighted by Crippen LogP contribution is 2.19. The van der Waals surface area contributed by atoms with E-state index in [4.69, 9.17) is 5.26 Å². The summed E-state index contributed by atoms with van der Waals surface area (Å²) >= 11 is 3.28. The van der Waals surface area contributed by atoms with Crippen LogP contribution in [0, 0.1) is 17.1 Å². The summed E-state index contributed by atoms with van der Waals surface area (Å²) in [5, 5.41) is 8.97. The molecule has 3 rings (SSSR count). The lowest BCUT2D eigenvalue weighted by Gasteiger charge is -2.35. The lowest BCUT2D eigenvalue weighted by atomic mass is 10.2. The molecule has 0 aliphatic carbocycles. The third-order valence-electron chi connectivity index (χ3n) is 3.98. The van der Waals surface area contributed by atoms with Crippen LogP contribution in [0.3, 0.4) is 0 Å². The number of benzene rings is 1. The van der Waals surface area contributed by atoms with E-state index in [1.165, 1.54) is 6.07 Å². The predicted molar refractivity (Wildman–Crippen MR) is 90.5 cm³/mol. The van der Waals surface area contributed by atoms with Gasteiger partial charge in [0.05, 0.1) is 11.6 Å². The molecule has 1 aromatic carbocycles. The van der Waals surface area contributed by atoms with Gasteiger partial charge in [0.2, 0.25) is 0 Å². The smallest absolute Gasteiger partial charge is 0.129 e. The van der Waals surface area contributed by atoms with Gasteiger partial charge in [-0.25, -0.2) is 9.37 Å². The Labute approximate surface area is 143 Å². The maximum Gasteiger partial charge on any atom is 0.129 e. The third-order valence-corrected chi connectivity index (χ3v) is 4.47. The molecule has 2 aromatic rings. The number of nitriles is 1. The predicted octanol–water partition coefficient (Wildman–Crippen LogP) is 3.18. The molecule has 1 saturated heterocycles. The van der Waals surface area contributed by atoms with Gasteiger partial charge in [-0.1, -0.05) is 22.0 Å². The van der Waals surface area contributed by atoms with Crippen LogP contribution in [0.4, 0.5) is 10.2 Å². The van der Waals surface area contributed by atoms with Crippen LogP contribution in [0.25, 0.3) is 0 Å². The van der Waals surface area contributed by atoms with Crippen molar-refractivity contribution in [2.24, 2.45) is 0 Å². The van der Waals surface area contributed by atoms with E-state index in [0.717, 1.165) is 36.5 Å². The Kier molecular flexibility index (Phi) is 4.89. The second-order valence-corrected chi connectivity index (χ2v) is 6.43. The SMILES string of the molecule is N#Cc1ccnc(N2CCN(Cc3ccc(Br)cc3F)CC2)c1. The Balaban J connectivity index is 1.61. The van der Waals surface area contributed by atoms with Crippen molar-refractivity contribution in [1.82, 2.24) is 9.88 Å². The highest BCUT2D eigenvalue weighted by molar-refractivity contribution is 9.10. The molecule has 1 aliphatic rings. The van der Waals surface area contributed by atoms with Crippen molar-refractivity contribution < 1.29 is 4.39 Å². The summed E-state index contributed by atoms with van der Waals surface area (Å²) in [7, 11) is 0. The number of hydrogen-bond acceptors (Lipinski definition) is 4. The summed E-state index contributed by atoms with van der Waals surface area (Å²) in [6.45, 7) is 3.93. The maximum atomic E-state index is 13.9. The minimum absolute atomic E-state index is 0.176. The number of aromatic nitrogens is 1. The Hall–Kier alpha value is -1.97. The van der Waals surface area contributed by atoms with Gasteiger partial charge in [0.25, 0.3) is 0 Å². The molecule has 0 radical (unpaired) electrons. The molecule has 0 spiro atoms. The van der Waals surface area contributed by atoms with E-state index in [2.05, 4.69) is 36.8 Å². The summed E-state index contributed by atoms with van der Waals surface area (Å²) in [5.41, 5.74) is 1.33. The molecule has 1 aromatic heterocycles. The Bertz CT molecular complexity index is 736. The second kappa shape index (κ2) is 7.07. The number of rotatable bonds is 3. The topological polar surface area (TPSA) is 43.2 Å². The number of anilines is 1. The molecule has 6 heteroatoms. The number of halogens is 2. The molecular weight excluding hydrogens is 359 g/mol. The molecule has 118 valence electrons. The van der Waals surface area contributed by atoms with Gasteiger partial charge in [0.1, 0.15) is 11.6 Å². The summed E-state index contributed by atoms with van der Waals surface area (Å²) in [6.07, 6.45) is 1.66. The van der Waals surface area contributed by atoms with Gasteiger partial charge in [-0.2, -0.15) is 5.26 Å². The van der Waals surface area contributed by atoms with E-state index >= 15 is 0 Å². The largest absolute Gasteiger partial charge is 0.354 e. The average molecular weight is 375 g/mol. The molecule has 0 unspecified atom stereocenters. The van der Waals surface area contributed by atoms with Gasteiger partial charge in [-0.15, -0.1) is 0 Å². The van der Waals surface area contributed by atoms with E-state index in [1.807, 2.05) is 18.2 Å². The minimum atomic E-state index is -0.176. The van der Waals surface area contributed by atoms with Crippen molar-refractivity contribution in [3.8, 4) is 6.07 Å². The van der Waals surface area contributed by atoms with Crippen molar-refractivity contribution in [1.29, 1.82) is 5.26 Å². The number of hydrogen-bond donors (Lipinski definition) is 0. The van der Waals surface area contributed by atoms with Crippen LogP contribution in [-0.4, -0.2) is 36.1 Å². The van der Waals surface area contributed by atoms with Gasteiger partial charge in [0.15, 0.2) is 0 Å². The molecule has 0 amide bonds. The van der Waals surface area contributed by atoms with Crippen LogP contribution in [0.15, 0.2) is 41.0 Å². The molecule has 0 N–H and O–H groups in total. The molecular formula is C17H16BrFN4. The van der Waals surface area contributed by atoms with Gasteiger partial charge in [0, 0.05) is 49.0 Å². The quantitative estimate of drug-likeness (QED) is 0.827. The maximum absolute atomic E-state index is 13.9. The van der Waals surface area contributed by atoms with Crippen molar-refractivity contribution in [2.75, 3.05) is 31.1 Å². The van der Waals surface area contributed by atoms with E-state index in [9.17, 15) is 4.39 Å². The van der Waals surface area contributed by atoms with Crippen molar-refractivity contribution in [3.05, 3.63) is 57.9 Å². The molecule has 0 atom stereocenters. The first-order valence-corrected chi connectivity index (χ1v) is 8.22. The van der Waals surface area contributed by atoms with Crippen molar-refractivity contribution in [3.63, 3.8) is 0 Å². The average Bonchev–Trinajstić information content (AvgIpc) is 2.58. The van der Waals surface area contributed by atoms with E-state index < -0.39 is 0 Å². The zero-order valence-corrected chi connectivity index (χ0v) is 14.1. The van der Waals surface area contributed by atoms with Crippen LogP contribution in [-0.2, 0) is 6.54 Å². The molecule has 23 heavy (non-hydrogen) atoms. The lowest BCUT2D eigenvalue weighted by Crippen LogP contribution is -2.46. The number of piperazine rings is 1. The molecule has 1 aliphatic heterocycles. The summed E-state index contributed by atoms with van der Waals surface area (Å²) in [6, 6.07) is 10.8. The van der Waals surface area contributed by atoms with E-state index in [-0.39, 0.29) is 5.82 Å². The Morgan fingerprint density at radius 2 is 1.96 bits per heavy atom. The van der Waals surface area contributed by atoms with Crippen molar-refractivity contribution >= 4 is 21.7 Å². The first kappa shape index (κ1) is 15.9. The summed E-state index contributed by atoms with van der Waals surface area (Å²) in [4.78, 5) is 8.73. The molecule has 4 nitrogen and oxygen atoms in total. The van der Waals surface area contributed by atoms with Crippen LogP contribution in [0.5, 0.6) is 0 Å². The van der Waals surface area contributed by atoms with Crippen LogP contribution in [0.2, 0.25) is 0 Å². The van der Waals surface area contributed by atoms with Gasteiger partial charge in [-0.3, -0.25) is 4.90 Å². The highest BCUT2D eigenvalue weighted by Gasteiger charge is 2.19. The second-order valence-electron chi connectivity index (χ2n) is 5.51. The van der Waals surface area contributed by atoms with Gasteiger partial charge < -0.3 is 4.90 Å². The summed E-state index contributed by atoms with van der Waals surface area (Å²) < 4.78 is 14.7. The zero-order valence-electron chi connectivity index (χ0n) is 12.5. The number of nitrogens with zero attached hydrogens (tertiary/aromatic N) is 4. The molecule has 0 bridgehead atoms. The molecule has 0 saturated carbocycles. The van der Waals surface area contributed by atoms with Crippen molar-refractivity contribution in [2.45, 2.75) is 6.54 Å². The van der Waals surface area contributed by atoms with Crippen LogP contribution in [0.1, 0.15) is 11.1 Å². The monoisotopic (exact) mass is 374 g/mol. The third kappa shape index (κ3) is 3.87. The fourth-order valence-electron chi connectivity index (χ4n) is 2.69. The standard InChI is InChI=1S/C17H16BrFN4/c18-15-2-1-14(16(19)10-15)12-22-5-7-23(8-6-22)17-9-13(11-20)3-4-21-17/h1-4,9-10H,5-8,12H2. The van der Waals surface area contributed by atoms with Crippen LogP contribution >= 0.6 is 15.9 Å². The Morgan fingerprint density at radius 3 is 2.65 bits per heavy atom. The molecule has 1 fully saturated rings. The van der Waals surface area contributed by atoms with Gasteiger partial charge in [-0.05, 0) is 24.3 Å². The highest BCUT2D eigenvalue weighted by atomic mass is 79.9. The normalized spacial score (nSPS) is 15.4. The summed E-state index contributed by atoms with van der Waals surface area (Å²) in [5.74, 6) is 0.656. The van der Waals surface area contributed by atoms with Gasteiger partial charge >= 0.3 is 0 Å².